The van der Waals surface area contributed by atoms with E-state index in [9.17, 15) is 29.4 Å². The molecule has 42 heavy (non-hydrogen) atoms. The molecule has 0 radical (unpaired) electrons. The molecule has 3 saturated carbocycles. The van der Waals surface area contributed by atoms with Gasteiger partial charge in [0.15, 0.2) is 18.1 Å². The Balaban J connectivity index is 1.56. The highest BCUT2D eigenvalue weighted by atomic mass is 19.1. The number of ether oxygens (including phenoxy) is 1. The molecule has 4 aliphatic carbocycles. The highest BCUT2D eigenvalue weighted by Gasteiger charge is 2.75. The summed E-state index contributed by atoms with van der Waals surface area (Å²) in [6.45, 7) is 11.5. The van der Waals surface area contributed by atoms with Crippen LogP contribution in [0.4, 0.5) is 4.39 Å². The lowest BCUT2D eigenvalue weighted by molar-refractivity contribution is -0.220. The van der Waals surface area contributed by atoms with E-state index >= 15 is 4.39 Å². The molecule has 4 rings (SSSR count). The van der Waals surface area contributed by atoms with E-state index in [0.717, 1.165) is 0 Å². The summed E-state index contributed by atoms with van der Waals surface area (Å²) in [6, 6.07) is -1.87. The van der Waals surface area contributed by atoms with Crippen molar-refractivity contribution >= 4 is 23.4 Å². The number of aliphatic hydroxyl groups excluding tert-OH is 1. The lowest BCUT2D eigenvalue weighted by Gasteiger charge is -2.62. The van der Waals surface area contributed by atoms with Crippen LogP contribution in [0.2, 0.25) is 0 Å². The van der Waals surface area contributed by atoms with Gasteiger partial charge in [-0.2, -0.15) is 0 Å². The zero-order valence-corrected chi connectivity index (χ0v) is 25.8. The first-order valence-electron chi connectivity index (χ1n) is 15.2. The average Bonchev–Trinajstić information content (AvgIpc) is 3.11. The molecule has 0 aliphatic heterocycles. The van der Waals surface area contributed by atoms with Crippen LogP contribution in [0.1, 0.15) is 74.1 Å². The first-order chi connectivity index (χ1) is 19.4. The van der Waals surface area contributed by atoms with Gasteiger partial charge in [0.2, 0.25) is 11.7 Å². The van der Waals surface area contributed by atoms with Crippen molar-refractivity contribution in [3.63, 3.8) is 0 Å². The Morgan fingerprint density at radius 3 is 2.40 bits per heavy atom. The Morgan fingerprint density at radius 2 is 1.81 bits per heavy atom. The van der Waals surface area contributed by atoms with Crippen LogP contribution < -0.4 is 11.1 Å². The smallest absolute Gasteiger partial charge is 0.329 e. The molecule has 10 atom stereocenters. The minimum atomic E-state index is -2.08. The molecule has 0 aromatic heterocycles. The third-order valence-corrected chi connectivity index (χ3v) is 11.2. The molecule has 234 valence electrons. The molecule has 0 saturated heterocycles. The first kappa shape index (κ1) is 32.5. The number of allylic oxidation sites excluding steroid dienone is 4. The van der Waals surface area contributed by atoms with Gasteiger partial charge in [-0.1, -0.05) is 53.2 Å². The summed E-state index contributed by atoms with van der Waals surface area (Å²) in [7, 11) is 0. The number of halogens is 1. The van der Waals surface area contributed by atoms with Crippen LogP contribution in [0, 0.1) is 40.4 Å². The summed E-state index contributed by atoms with van der Waals surface area (Å²) >= 11 is 0. The predicted octanol–water partition coefficient (Wildman–Crippen LogP) is 2.57. The topological polar surface area (TPSA) is 156 Å². The number of carbonyl (C=O) groups is 4. The predicted molar refractivity (Wildman–Crippen MR) is 153 cm³/mol. The number of nitrogens with one attached hydrogen (secondary N) is 1. The van der Waals surface area contributed by atoms with E-state index in [2.05, 4.69) is 5.32 Å². The van der Waals surface area contributed by atoms with E-state index in [-0.39, 0.29) is 24.0 Å². The summed E-state index contributed by atoms with van der Waals surface area (Å²) in [5.74, 6) is -4.44. The molecule has 0 aromatic carbocycles. The number of aliphatic hydroxyl groups is 2. The van der Waals surface area contributed by atoms with Crippen molar-refractivity contribution in [2.24, 2.45) is 46.2 Å². The van der Waals surface area contributed by atoms with Crippen molar-refractivity contribution in [1.29, 1.82) is 0 Å². The van der Waals surface area contributed by atoms with Crippen LogP contribution in [0.25, 0.3) is 0 Å². The van der Waals surface area contributed by atoms with Gasteiger partial charge in [0.05, 0.1) is 12.1 Å². The highest BCUT2D eigenvalue weighted by Crippen LogP contribution is 2.70. The monoisotopic (exact) mass is 590 g/mol. The van der Waals surface area contributed by atoms with Crippen molar-refractivity contribution in [1.82, 2.24) is 5.32 Å². The van der Waals surface area contributed by atoms with Gasteiger partial charge in [0, 0.05) is 16.7 Å². The van der Waals surface area contributed by atoms with Crippen LogP contribution in [0.5, 0.6) is 0 Å². The van der Waals surface area contributed by atoms with Gasteiger partial charge in [-0.25, -0.2) is 9.18 Å². The standard InChI is InChI=1S/C32H47FN2O7/c1-16(2)25(34)27(39)35-26(17(3)4)28(40)42-15-24(38)32(41)18(5)12-22-21-9-8-19-13-20(36)10-11-29(19,6)31(21,33)23(37)14-30(22,32)7/h10-11,13,16-18,21-23,25-26,37,41H,8-9,12,14-15,34H2,1-7H3,(H,35,39)/t18-,21+,22+,23+,25+,26+,29+,30+,31+,32+/m1/s1. The molecular formula is C32H47FN2O7. The second-order valence-electron chi connectivity index (χ2n) is 14.2. The zero-order valence-electron chi connectivity index (χ0n) is 25.8. The molecule has 10 heteroatoms. The van der Waals surface area contributed by atoms with Gasteiger partial charge in [0.1, 0.15) is 11.6 Å². The van der Waals surface area contributed by atoms with Gasteiger partial charge in [0.25, 0.3) is 0 Å². The van der Waals surface area contributed by atoms with Crippen molar-refractivity contribution < 1.29 is 38.5 Å². The second-order valence-corrected chi connectivity index (χ2v) is 14.2. The number of esters is 1. The molecule has 0 bridgehead atoms. The highest BCUT2D eigenvalue weighted by molar-refractivity contribution is 6.01. The first-order valence-corrected chi connectivity index (χ1v) is 15.2. The van der Waals surface area contributed by atoms with Crippen LogP contribution in [-0.2, 0) is 23.9 Å². The Hall–Kier alpha value is -2.43. The Kier molecular flexibility index (Phi) is 8.45. The normalized spacial score (nSPS) is 40.5. The van der Waals surface area contributed by atoms with E-state index in [1.54, 1.807) is 54.5 Å². The number of nitrogens with two attached hydrogens (primary N) is 1. The number of alkyl halides is 1. The fourth-order valence-corrected chi connectivity index (χ4v) is 8.53. The van der Waals surface area contributed by atoms with E-state index in [1.807, 2.05) is 0 Å². The van der Waals surface area contributed by atoms with Crippen LogP contribution in [-0.4, -0.2) is 69.7 Å². The van der Waals surface area contributed by atoms with E-state index in [0.29, 0.717) is 24.8 Å². The van der Waals surface area contributed by atoms with Gasteiger partial charge >= 0.3 is 5.97 Å². The van der Waals surface area contributed by atoms with Crippen LogP contribution >= 0.6 is 0 Å². The third-order valence-electron chi connectivity index (χ3n) is 11.2. The largest absolute Gasteiger partial charge is 0.456 e. The molecular weight excluding hydrogens is 543 g/mol. The van der Waals surface area contributed by atoms with Gasteiger partial charge < -0.3 is 26.0 Å². The van der Waals surface area contributed by atoms with E-state index in [1.165, 1.54) is 12.2 Å². The number of hydrogen-bond donors (Lipinski definition) is 4. The fourth-order valence-electron chi connectivity index (χ4n) is 8.53. The molecule has 9 nitrogen and oxygen atoms in total. The summed E-state index contributed by atoms with van der Waals surface area (Å²) in [5, 5.41) is 26.2. The number of ketones is 2. The number of rotatable bonds is 8. The van der Waals surface area contributed by atoms with Gasteiger partial charge in [-0.15, -0.1) is 0 Å². The van der Waals surface area contributed by atoms with Gasteiger partial charge in [-0.05, 0) is 68.4 Å². The molecule has 1 amide bonds. The summed E-state index contributed by atoms with van der Waals surface area (Å²) in [5.41, 5.74) is 0.149. The van der Waals surface area contributed by atoms with E-state index in [4.69, 9.17) is 10.5 Å². The minimum absolute atomic E-state index is 0.151. The number of carbonyl (C=O) groups excluding carboxylic acids is 4. The summed E-state index contributed by atoms with van der Waals surface area (Å²) in [6.07, 6.45) is 3.90. The molecule has 5 N–H and O–H groups in total. The molecule has 0 unspecified atom stereocenters. The third kappa shape index (κ3) is 4.59. The number of Topliss-reactive ketones (excluding diaryl/α,β-unsaturated/α-hetero) is 1. The maximum absolute atomic E-state index is 17.3. The van der Waals surface area contributed by atoms with Crippen molar-refractivity contribution in [3.05, 3.63) is 23.8 Å². The molecule has 0 spiro atoms. The van der Waals surface area contributed by atoms with Crippen LogP contribution in [0.3, 0.4) is 0 Å². The minimum Gasteiger partial charge on any atom is -0.456 e. The quantitative estimate of drug-likeness (QED) is 0.314. The maximum atomic E-state index is 17.3. The Morgan fingerprint density at radius 1 is 1.17 bits per heavy atom. The lowest BCUT2D eigenvalue weighted by atomic mass is 9.44. The lowest BCUT2D eigenvalue weighted by Crippen LogP contribution is -2.69. The van der Waals surface area contributed by atoms with Crippen molar-refractivity contribution in [2.75, 3.05) is 6.61 Å². The summed E-state index contributed by atoms with van der Waals surface area (Å²) in [4.78, 5) is 51.4. The number of amides is 1. The van der Waals surface area contributed by atoms with E-state index < -0.39 is 82.3 Å². The summed E-state index contributed by atoms with van der Waals surface area (Å²) < 4.78 is 22.7. The Bertz CT molecular complexity index is 1220. The van der Waals surface area contributed by atoms with Crippen molar-refractivity contribution in [3.8, 4) is 0 Å². The number of hydrogen-bond acceptors (Lipinski definition) is 8. The molecule has 0 heterocycles. The zero-order chi connectivity index (χ0) is 31.6. The van der Waals surface area contributed by atoms with Gasteiger partial charge in [-0.3, -0.25) is 14.4 Å². The molecule has 0 aromatic rings. The van der Waals surface area contributed by atoms with Crippen molar-refractivity contribution in [2.45, 2.75) is 104 Å². The number of fused-ring (bicyclic) bond motifs is 5. The second kappa shape index (κ2) is 10.9. The fraction of sp³-hybridized carbons (Fsp3) is 0.750. The molecule has 4 aliphatic rings. The SMILES string of the molecule is CC(C)[C@H](N)C(=O)N[C@H](C(=O)OCC(=O)[C@@]1(O)[C@H](C)C[C@H]2[C@@H]3CCC4=CC(=O)C=C[C@]4(C)[C@@]3(F)[C@@H](O)C[C@@]21C)C(C)C. The maximum Gasteiger partial charge on any atom is 0.329 e. The molecule has 3 fully saturated rings. The average molecular weight is 591 g/mol. The van der Waals surface area contributed by atoms with Crippen LogP contribution in [0.15, 0.2) is 23.8 Å². The Labute approximate surface area is 247 Å².